The van der Waals surface area contributed by atoms with Gasteiger partial charge in [-0.05, 0) is 59.4 Å². The van der Waals surface area contributed by atoms with E-state index in [1.807, 2.05) is 25.7 Å². The van der Waals surface area contributed by atoms with Gasteiger partial charge in [-0.2, -0.15) is 0 Å². The molecular formula is C19H35N3O3. The summed E-state index contributed by atoms with van der Waals surface area (Å²) < 4.78 is 5.63. The number of hydrogen-bond acceptors (Lipinski definition) is 5. The van der Waals surface area contributed by atoms with Gasteiger partial charge in [0.15, 0.2) is 0 Å². The van der Waals surface area contributed by atoms with Crippen molar-refractivity contribution in [3.05, 3.63) is 0 Å². The van der Waals surface area contributed by atoms with Gasteiger partial charge in [0.25, 0.3) is 0 Å². The second-order valence-corrected chi connectivity index (χ2v) is 9.20. The Kier molecular flexibility index (Phi) is 5.61. The van der Waals surface area contributed by atoms with Gasteiger partial charge in [-0.25, -0.2) is 4.79 Å². The molecule has 6 heteroatoms. The van der Waals surface area contributed by atoms with Crippen LogP contribution in [0.4, 0.5) is 4.79 Å². The van der Waals surface area contributed by atoms with E-state index in [9.17, 15) is 9.90 Å². The first kappa shape index (κ1) is 18.9. The Balaban J connectivity index is 1.57. The van der Waals surface area contributed by atoms with Crippen molar-refractivity contribution in [2.45, 2.75) is 70.2 Å². The maximum Gasteiger partial charge on any atom is 0.410 e. The van der Waals surface area contributed by atoms with Crippen LogP contribution in [0.15, 0.2) is 0 Å². The number of fused-ring (bicyclic) bond motifs is 2. The second-order valence-electron chi connectivity index (χ2n) is 9.20. The Morgan fingerprint density at radius 2 is 1.80 bits per heavy atom. The zero-order valence-corrected chi connectivity index (χ0v) is 16.3. The number of ether oxygens (including phenoxy) is 1. The van der Waals surface area contributed by atoms with E-state index < -0.39 is 5.60 Å². The summed E-state index contributed by atoms with van der Waals surface area (Å²) in [6.07, 6.45) is 4.21. The van der Waals surface area contributed by atoms with Gasteiger partial charge < -0.3 is 19.6 Å². The lowest BCUT2D eigenvalue weighted by atomic mass is 9.90. The van der Waals surface area contributed by atoms with E-state index in [0.717, 1.165) is 51.9 Å². The predicted molar refractivity (Wildman–Crippen MR) is 97.6 cm³/mol. The maximum atomic E-state index is 12.6. The van der Waals surface area contributed by atoms with Crippen molar-refractivity contribution in [2.24, 2.45) is 5.92 Å². The highest BCUT2D eigenvalue weighted by molar-refractivity contribution is 5.69. The van der Waals surface area contributed by atoms with Gasteiger partial charge >= 0.3 is 6.09 Å². The van der Waals surface area contributed by atoms with Gasteiger partial charge in [0.05, 0.1) is 6.61 Å². The van der Waals surface area contributed by atoms with Crippen molar-refractivity contribution in [3.8, 4) is 0 Å². The molecule has 3 aliphatic rings. The second kappa shape index (κ2) is 7.41. The summed E-state index contributed by atoms with van der Waals surface area (Å²) in [7, 11) is 2.12. The molecule has 1 amide bonds. The first-order chi connectivity index (χ1) is 11.8. The highest BCUT2D eigenvalue weighted by Crippen LogP contribution is 2.40. The zero-order valence-electron chi connectivity index (χ0n) is 16.3. The first-order valence-corrected chi connectivity index (χ1v) is 9.81. The van der Waals surface area contributed by atoms with Gasteiger partial charge in [-0.3, -0.25) is 4.90 Å². The first-order valence-electron chi connectivity index (χ1n) is 9.81. The summed E-state index contributed by atoms with van der Waals surface area (Å²) in [5, 5.41) is 9.71. The van der Waals surface area contributed by atoms with Crippen molar-refractivity contribution < 1.29 is 14.6 Å². The van der Waals surface area contributed by atoms with Crippen LogP contribution in [-0.2, 0) is 4.74 Å². The van der Waals surface area contributed by atoms with Crippen molar-refractivity contribution in [1.82, 2.24) is 14.7 Å². The molecule has 25 heavy (non-hydrogen) atoms. The van der Waals surface area contributed by atoms with Crippen LogP contribution < -0.4 is 0 Å². The topological polar surface area (TPSA) is 56.2 Å². The molecule has 0 saturated carbocycles. The number of carbonyl (C=O) groups is 1. The fourth-order valence-electron chi connectivity index (χ4n) is 4.85. The molecule has 2 bridgehead atoms. The zero-order chi connectivity index (χ0) is 18.2. The largest absolute Gasteiger partial charge is 0.444 e. The number of nitrogens with zero attached hydrogens (tertiary/aromatic N) is 3. The molecule has 0 aromatic heterocycles. The number of rotatable bonds is 3. The Bertz CT molecular complexity index is 465. The van der Waals surface area contributed by atoms with Crippen molar-refractivity contribution in [2.75, 3.05) is 39.8 Å². The summed E-state index contributed by atoms with van der Waals surface area (Å²) in [5.41, 5.74) is -0.429. The lowest BCUT2D eigenvalue weighted by Gasteiger charge is -2.44. The molecule has 0 aromatic rings. The summed E-state index contributed by atoms with van der Waals surface area (Å²) in [6.45, 7) is 10.1. The summed E-state index contributed by atoms with van der Waals surface area (Å²) in [4.78, 5) is 19.3. The molecule has 0 aromatic carbocycles. The maximum absolute atomic E-state index is 12.6. The molecule has 0 radical (unpaired) electrons. The number of hydrogen-bond donors (Lipinski definition) is 1. The van der Waals surface area contributed by atoms with Gasteiger partial charge in [-0.15, -0.1) is 0 Å². The smallest absolute Gasteiger partial charge is 0.410 e. The Morgan fingerprint density at radius 1 is 1.16 bits per heavy atom. The van der Waals surface area contributed by atoms with Crippen LogP contribution in [0.5, 0.6) is 0 Å². The van der Waals surface area contributed by atoms with Crippen molar-refractivity contribution in [1.29, 1.82) is 0 Å². The molecule has 3 fully saturated rings. The predicted octanol–water partition coefficient (Wildman–Crippen LogP) is 1.77. The van der Waals surface area contributed by atoms with Crippen LogP contribution in [0.25, 0.3) is 0 Å². The van der Waals surface area contributed by atoms with Gasteiger partial charge in [0, 0.05) is 44.3 Å². The highest BCUT2D eigenvalue weighted by Gasteiger charge is 2.45. The van der Waals surface area contributed by atoms with Gasteiger partial charge in [-0.1, -0.05) is 0 Å². The quantitative estimate of drug-likeness (QED) is 0.838. The van der Waals surface area contributed by atoms with Crippen LogP contribution >= 0.6 is 0 Å². The Hall–Kier alpha value is -0.850. The van der Waals surface area contributed by atoms with Gasteiger partial charge in [0.2, 0.25) is 0 Å². The number of piperidine rings is 1. The lowest BCUT2D eigenvalue weighted by molar-refractivity contribution is -0.00733. The summed E-state index contributed by atoms with van der Waals surface area (Å²) >= 11 is 0. The van der Waals surface area contributed by atoms with Crippen LogP contribution in [-0.4, -0.2) is 89.5 Å². The average molecular weight is 354 g/mol. The van der Waals surface area contributed by atoms with E-state index in [1.54, 1.807) is 0 Å². The molecule has 0 spiro atoms. The van der Waals surface area contributed by atoms with E-state index in [4.69, 9.17) is 4.74 Å². The molecule has 3 heterocycles. The average Bonchev–Trinajstić information content (AvgIpc) is 2.79. The lowest BCUT2D eigenvalue weighted by Crippen LogP contribution is -2.56. The Morgan fingerprint density at radius 3 is 2.36 bits per heavy atom. The van der Waals surface area contributed by atoms with Gasteiger partial charge in [0.1, 0.15) is 5.60 Å². The normalized spacial score (nSPS) is 34.4. The minimum Gasteiger partial charge on any atom is -0.444 e. The number of aliphatic hydroxyl groups excluding tert-OH is 1. The number of piperazine rings is 1. The highest BCUT2D eigenvalue weighted by atomic mass is 16.6. The molecule has 0 aliphatic carbocycles. The monoisotopic (exact) mass is 353 g/mol. The minimum atomic E-state index is -0.429. The Labute approximate surface area is 152 Å². The molecule has 3 atom stereocenters. The van der Waals surface area contributed by atoms with Crippen molar-refractivity contribution >= 4 is 6.09 Å². The SMILES string of the molecule is CN1CCN(CC2CC3CCC(C2)N3C(=O)OC(C)(C)C)C(CO)C1. The molecule has 6 nitrogen and oxygen atoms in total. The van der Waals surface area contributed by atoms with Crippen LogP contribution in [0.1, 0.15) is 46.5 Å². The van der Waals surface area contributed by atoms with Crippen LogP contribution in [0, 0.1) is 5.92 Å². The molecule has 144 valence electrons. The molecule has 3 unspecified atom stereocenters. The van der Waals surface area contributed by atoms with E-state index in [2.05, 4.69) is 16.8 Å². The van der Waals surface area contributed by atoms with E-state index >= 15 is 0 Å². The number of likely N-dealkylation sites (N-methyl/N-ethyl adjacent to an activating group) is 1. The third-order valence-electron chi connectivity index (χ3n) is 5.95. The molecule has 3 saturated heterocycles. The van der Waals surface area contributed by atoms with Crippen LogP contribution in [0.2, 0.25) is 0 Å². The summed E-state index contributed by atoms with van der Waals surface area (Å²) in [5.74, 6) is 0.619. The fourth-order valence-corrected chi connectivity index (χ4v) is 4.85. The number of aliphatic hydroxyl groups is 1. The third kappa shape index (κ3) is 4.47. The molecule has 1 N–H and O–H groups in total. The minimum absolute atomic E-state index is 0.133. The van der Waals surface area contributed by atoms with Crippen LogP contribution in [0.3, 0.4) is 0 Å². The van der Waals surface area contributed by atoms with E-state index in [1.165, 1.54) is 0 Å². The molecular weight excluding hydrogens is 318 g/mol. The fraction of sp³-hybridized carbons (Fsp3) is 0.947. The number of amides is 1. The van der Waals surface area contributed by atoms with E-state index in [-0.39, 0.29) is 18.7 Å². The third-order valence-corrected chi connectivity index (χ3v) is 5.95. The standard InChI is InChI=1S/C19H35N3O3/c1-19(2,3)25-18(24)22-15-5-6-16(22)10-14(9-15)11-21-8-7-20(4)12-17(21)13-23/h14-17,23H,5-13H2,1-4H3. The summed E-state index contributed by atoms with van der Waals surface area (Å²) in [6, 6.07) is 0.914. The number of carbonyl (C=O) groups excluding carboxylic acids is 1. The van der Waals surface area contributed by atoms with Crippen molar-refractivity contribution in [3.63, 3.8) is 0 Å². The van der Waals surface area contributed by atoms with E-state index in [0.29, 0.717) is 18.0 Å². The molecule has 3 rings (SSSR count). The molecule has 3 aliphatic heterocycles.